The summed E-state index contributed by atoms with van der Waals surface area (Å²) in [5.41, 5.74) is 3.75. The van der Waals surface area contributed by atoms with Crippen molar-refractivity contribution < 1.29 is 13.2 Å². The van der Waals surface area contributed by atoms with E-state index in [1.54, 1.807) is 0 Å². The molecule has 10 heteroatoms. The van der Waals surface area contributed by atoms with Gasteiger partial charge in [0.25, 0.3) is 0 Å². The molecule has 7 nitrogen and oxygen atoms in total. The van der Waals surface area contributed by atoms with Crippen molar-refractivity contribution in [1.29, 1.82) is 0 Å². The van der Waals surface area contributed by atoms with Crippen molar-refractivity contribution in [1.82, 2.24) is 20.3 Å². The van der Waals surface area contributed by atoms with Gasteiger partial charge in [0.05, 0.1) is 5.41 Å². The van der Waals surface area contributed by atoms with E-state index >= 15 is 0 Å². The first kappa shape index (κ1) is 17.5. The number of halogens is 3. The maximum Gasteiger partial charge on any atom is 0.395 e. The number of nitrogens with zero attached hydrogens (tertiary/aromatic N) is 4. The standard InChI is InChI=1S/C13H22F3N7/c1-12(2,13(14,15)16)7-19-10-20-9(17)21-11(22-10)23-5-4-8(6-23)18-3/h8,18H,4-7H2,1-3H3,(H3,17,19,20,21,22)/t8-/m1/s1. The lowest BCUT2D eigenvalue weighted by molar-refractivity contribution is -0.206. The van der Waals surface area contributed by atoms with Crippen LogP contribution in [-0.4, -0.2) is 53.9 Å². The number of hydrogen-bond donors (Lipinski definition) is 3. The second-order valence-corrected chi connectivity index (χ2v) is 6.27. The Morgan fingerprint density at radius 3 is 2.52 bits per heavy atom. The van der Waals surface area contributed by atoms with E-state index in [1.165, 1.54) is 0 Å². The van der Waals surface area contributed by atoms with Gasteiger partial charge in [-0.25, -0.2) is 0 Å². The van der Waals surface area contributed by atoms with E-state index in [0.717, 1.165) is 26.8 Å². The van der Waals surface area contributed by atoms with E-state index in [4.69, 9.17) is 5.73 Å². The van der Waals surface area contributed by atoms with Gasteiger partial charge in [-0.2, -0.15) is 28.1 Å². The third-order valence-corrected chi connectivity index (χ3v) is 3.98. The Hall–Kier alpha value is -1.84. The smallest absolute Gasteiger partial charge is 0.368 e. The normalized spacial score (nSPS) is 19.2. The predicted molar refractivity (Wildman–Crippen MR) is 82.2 cm³/mol. The third kappa shape index (κ3) is 4.12. The van der Waals surface area contributed by atoms with Crippen molar-refractivity contribution in [2.45, 2.75) is 32.5 Å². The number of rotatable bonds is 5. The van der Waals surface area contributed by atoms with E-state index < -0.39 is 11.6 Å². The van der Waals surface area contributed by atoms with Crippen molar-refractivity contribution in [2.24, 2.45) is 5.41 Å². The van der Waals surface area contributed by atoms with Gasteiger partial charge in [-0.15, -0.1) is 0 Å². The van der Waals surface area contributed by atoms with Gasteiger partial charge in [0.1, 0.15) is 0 Å². The summed E-state index contributed by atoms with van der Waals surface area (Å²) in [7, 11) is 1.88. The molecule has 4 N–H and O–H groups in total. The van der Waals surface area contributed by atoms with Gasteiger partial charge in [0.2, 0.25) is 17.8 Å². The average Bonchev–Trinajstić information content (AvgIpc) is 2.92. The van der Waals surface area contributed by atoms with Gasteiger partial charge < -0.3 is 21.3 Å². The first-order valence-corrected chi connectivity index (χ1v) is 7.37. The van der Waals surface area contributed by atoms with Crippen LogP contribution in [0.2, 0.25) is 0 Å². The molecular formula is C13H22F3N7. The van der Waals surface area contributed by atoms with Crippen LogP contribution >= 0.6 is 0 Å². The number of nitrogens with two attached hydrogens (primary N) is 1. The van der Waals surface area contributed by atoms with E-state index in [1.807, 2.05) is 11.9 Å². The lowest BCUT2D eigenvalue weighted by Gasteiger charge is -2.27. The molecule has 0 aliphatic carbocycles. The number of hydrogen-bond acceptors (Lipinski definition) is 7. The fourth-order valence-electron chi connectivity index (χ4n) is 2.18. The summed E-state index contributed by atoms with van der Waals surface area (Å²) in [5, 5.41) is 5.79. The van der Waals surface area contributed by atoms with Crippen LogP contribution in [0, 0.1) is 5.41 Å². The lowest BCUT2D eigenvalue weighted by atomic mass is 9.93. The molecule has 2 heterocycles. The Balaban J connectivity index is 2.09. The van der Waals surface area contributed by atoms with Gasteiger partial charge in [0, 0.05) is 25.7 Å². The van der Waals surface area contributed by atoms with E-state index in [2.05, 4.69) is 25.6 Å². The largest absolute Gasteiger partial charge is 0.395 e. The number of alkyl halides is 3. The molecule has 1 saturated heterocycles. The Bertz CT molecular complexity index is 547. The predicted octanol–water partition coefficient (Wildman–Crippen LogP) is 1.25. The van der Waals surface area contributed by atoms with Gasteiger partial charge in [-0.3, -0.25) is 0 Å². The topological polar surface area (TPSA) is 92.0 Å². The molecule has 130 valence electrons. The van der Waals surface area contributed by atoms with Gasteiger partial charge >= 0.3 is 6.18 Å². The highest BCUT2D eigenvalue weighted by molar-refractivity contribution is 5.43. The first-order valence-electron chi connectivity index (χ1n) is 7.37. The zero-order valence-electron chi connectivity index (χ0n) is 13.4. The molecule has 0 spiro atoms. The Kier molecular flexibility index (Phi) is 4.83. The molecule has 2 rings (SSSR count). The number of nitrogens with one attached hydrogen (secondary N) is 2. The summed E-state index contributed by atoms with van der Waals surface area (Å²) in [5.74, 6) is 0.413. The lowest BCUT2D eigenvalue weighted by Crippen LogP contribution is -2.38. The quantitative estimate of drug-likeness (QED) is 0.747. The molecule has 0 aromatic carbocycles. The van der Waals surface area contributed by atoms with Crippen LogP contribution in [0.1, 0.15) is 20.3 Å². The minimum absolute atomic E-state index is 0.0183. The van der Waals surface area contributed by atoms with Crippen LogP contribution in [-0.2, 0) is 0 Å². The molecular weight excluding hydrogens is 311 g/mol. The molecule has 1 aliphatic rings. The number of nitrogen functional groups attached to an aromatic ring is 1. The zero-order chi connectivity index (χ0) is 17.3. The molecule has 0 saturated carbocycles. The molecule has 1 aromatic heterocycles. The fourth-order valence-corrected chi connectivity index (χ4v) is 2.18. The van der Waals surface area contributed by atoms with Gasteiger partial charge in [-0.05, 0) is 27.3 Å². The number of aromatic nitrogens is 3. The molecule has 23 heavy (non-hydrogen) atoms. The monoisotopic (exact) mass is 333 g/mol. The highest BCUT2D eigenvalue weighted by Crippen LogP contribution is 2.37. The zero-order valence-corrected chi connectivity index (χ0v) is 13.4. The van der Waals surface area contributed by atoms with Crippen molar-refractivity contribution in [3.63, 3.8) is 0 Å². The van der Waals surface area contributed by atoms with Crippen molar-refractivity contribution >= 4 is 17.8 Å². The van der Waals surface area contributed by atoms with Crippen LogP contribution < -0.4 is 21.3 Å². The summed E-state index contributed by atoms with van der Waals surface area (Å²) in [6, 6.07) is 0.327. The van der Waals surface area contributed by atoms with Crippen molar-refractivity contribution in [3.8, 4) is 0 Å². The van der Waals surface area contributed by atoms with Crippen LogP contribution in [0.5, 0.6) is 0 Å². The highest BCUT2D eigenvalue weighted by Gasteiger charge is 2.47. The molecule has 1 aromatic rings. The summed E-state index contributed by atoms with van der Waals surface area (Å²) >= 11 is 0. The molecule has 0 radical (unpaired) electrons. The Labute approximate surface area is 132 Å². The van der Waals surface area contributed by atoms with Crippen molar-refractivity contribution in [3.05, 3.63) is 0 Å². The second-order valence-electron chi connectivity index (χ2n) is 6.27. The summed E-state index contributed by atoms with van der Waals surface area (Å²) in [6.45, 7) is 3.35. The summed E-state index contributed by atoms with van der Waals surface area (Å²) in [4.78, 5) is 14.1. The van der Waals surface area contributed by atoms with Crippen LogP contribution in [0.15, 0.2) is 0 Å². The van der Waals surface area contributed by atoms with Crippen molar-refractivity contribution in [2.75, 3.05) is 42.6 Å². The molecule has 0 unspecified atom stereocenters. The SMILES string of the molecule is CN[C@@H]1CCN(c2nc(N)nc(NCC(C)(C)C(F)(F)F)n2)C1. The van der Waals surface area contributed by atoms with Crippen LogP contribution in [0.25, 0.3) is 0 Å². The Morgan fingerprint density at radius 2 is 1.96 bits per heavy atom. The van der Waals surface area contributed by atoms with E-state index in [0.29, 0.717) is 18.5 Å². The minimum Gasteiger partial charge on any atom is -0.368 e. The van der Waals surface area contributed by atoms with E-state index in [9.17, 15) is 13.2 Å². The molecule has 0 bridgehead atoms. The third-order valence-electron chi connectivity index (χ3n) is 3.98. The highest BCUT2D eigenvalue weighted by atomic mass is 19.4. The second kappa shape index (κ2) is 6.34. The average molecular weight is 333 g/mol. The van der Waals surface area contributed by atoms with Crippen LogP contribution in [0.3, 0.4) is 0 Å². The maximum absolute atomic E-state index is 12.9. The van der Waals surface area contributed by atoms with E-state index in [-0.39, 0.29) is 18.4 Å². The fraction of sp³-hybridized carbons (Fsp3) is 0.769. The molecule has 1 atom stereocenters. The minimum atomic E-state index is -4.32. The first-order chi connectivity index (χ1) is 10.6. The molecule has 0 amide bonds. The van der Waals surface area contributed by atoms with Gasteiger partial charge in [0.15, 0.2) is 0 Å². The Morgan fingerprint density at radius 1 is 1.26 bits per heavy atom. The number of likely N-dealkylation sites (N-methyl/N-ethyl adjacent to an activating group) is 1. The molecule has 1 fully saturated rings. The van der Waals surface area contributed by atoms with Crippen LogP contribution in [0.4, 0.5) is 31.0 Å². The maximum atomic E-state index is 12.9. The van der Waals surface area contributed by atoms with Gasteiger partial charge in [-0.1, -0.05) is 0 Å². The summed E-state index contributed by atoms with van der Waals surface area (Å²) < 4.78 is 38.7. The summed E-state index contributed by atoms with van der Waals surface area (Å²) in [6.07, 6.45) is -3.39. The number of anilines is 3. The molecule has 1 aliphatic heterocycles.